The highest BCUT2D eigenvalue weighted by atomic mass is 35.5. The van der Waals surface area contributed by atoms with E-state index in [2.05, 4.69) is 15.0 Å². The van der Waals surface area contributed by atoms with Crippen molar-refractivity contribution in [2.24, 2.45) is 0 Å². The zero-order chi connectivity index (χ0) is 29.8. The van der Waals surface area contributed by atoms with Crippen molar-refractivity contribution >= 4 is 56.7 Å². The van der Waals surface area contributed by atoms with E-state index >= 15 is 0 Å². The second-order valence-electron chi connectivity index (χ2n) is 10.4. The van der Waals surface area contributed by atoms with Gasteiger partial charge in [-0.3, -0.25) is 14.2 Å². The van der Waals surface area contributed by atoms with Crippen LogP contribution in [0.5, 0.6) is 0 Å². The summed E-state index contributed by atoms with van der Waals surface area (Å²) in [5.74, 6) is -1.61. The Morgan fingerprint density at radius 3 is 2.36 bits per heavy atom. The first-order valence-electron chi connectivity index (χ1n) is 13.0. The van der Waals surface area contributed by atoms with Crippen LogP contribution in [0.1, 0.15) is 25.3 Å². The molecule has 2 unspecified atom stereocenters. The highest BCUT2D eigenvalue weighted by Crippen LogP contribution is 2.45. The number of imidazole rings is 1. The van der Waals surface area contributed by atoms with Crippen molar-refractivity contribution in [3.05, 3.63) is 83.0 Å². The molecule has 14 heteroatoms. The largest absolute Gasteiger partial charge is 0.480 e. The molecule has 1 fully saturated rings. The summed E-state index contributed by atoms with van der Waals surface area (Å²) >= 11 is 12.5. The molecule has 1 amide bonds. The maximum Gasteiger partial charge on any atom is 0.322 e. The van der Waals surface area contributed by atoms with Crippen LogP contribution >= 0.6 is 23.2 Å². The third-order valence-electron chi connectivity index (χ3n) is 7.63. The number of hydrogen-bond acceptors (Lipinski definition) is 7. The SMILES string of the molecule is CC1(Cc2ccc(-c3cncnc3)cc2)C(=O)N(c2cc(Cl)cc(Cl)c2)c2ncc(S(=O)(=O)N3CCCC3C(=O)O)n21. The van der Waals surface area contributed by atoms with Crippen LogP contribution in [-0.4, -0.2) is 61.8 Å². The molecule has 1 saturated heterocycles. The van der Waals surface area contributed by atoms with Crippen LogP contribution in [0.4, 0.5) is 11.6 Å². The number of benzene rings is 2. The number of anilines is 2. The third-order valence-corrected chi connectivity index (χ3v) is 9.94. The Morgan fingerprint density at radius 1 is 1.05 bits per heavy atom. The molecule has 0 spiro atoms. The van der Waals surface area contributed by atoms with Crippen LogP contribution in [0, 0.1) is 0 Å². The number of halogens is 2. The van der Waals surface area contributed by atoms with Crippen molar-refractivity contribution in [1.29, 1.82) is 0 Å². The van der Waals surface area contributed by atoms with Crippen molar-refractivity contribution in [2.45, 2.75) is 42.8 Å². The van der Waals surface area contributed by atoms with E-state index in [0.29, 0.717) is 12.1 Å². The van der Waals surface area contributed by atoms with Crippen LogP contribution in [0.15, 0.2) is 72.4 Å². The quantitative estimate of drug-likeness (QED) is 0.316. The number of carbonyl (C=O) groups is 2. The number of aromatic nitrogens is 4. The summed E-state index contributed by atoms with van der Waals surface area (Å²) in [7, 11) is -4.36. The summed E-state index contributed by atoms with van der Waals surface area (Å²) in [6, 6.07) is 10.9. The summed E-state index contributed by atoms with van der Waals surface area (Å²) < 4.78 is 30.3. The van der Waals surface area contributed by atoms with Crippen LogP contribution < -0.4 is 4.90 Å². The normalized spacial score (nSPS) is 20.7. The Labute approximate surface area is 251 Å². The van der Waals surface area contributed by atoms with Crippen molar-refractivity contribution in [1.82, 2.24) is 23.8 Å². The summed E-state index contributed by atoms with van der Waals surface area (Å²) in [4.78, 5) is 40.0. The molecule has 4 aromatic rings. The second kappa shape index (κ2) is 10.5. The van der Waals surface area contributed by atoms with E-state index in [9.17, 15) is 23.1 Å². The van der Waals surface area contributed by atoms with E-state index < -0.39 is 33.5 Å². The van der Waals surface area contributed by atoms with Gasteiger partial charge in [0.05, 0.1) is 11.9 Å². The van der Waals surface area contributed by atoms with E-state index in [0.717, 1.165) is 21.0 Å². The number of carboxylic acid groups (broad SMARTS) is 1. The minimum absolute atomic E-state index is 0.0444. The number of carboxylic acids is 1. The van der Waals surface area contributed by atoms with Crippen LogP contribution in [0.3, 0.4) is 0 Å². The first kappa shape index (κ1) is 28.3. The number of rotatable bonds is 7. The Hall–Kier alpha value is -3.84. The first-order valence-corrected chi connectivity index (χ1v) is 15.2. The number of amides is 1. The number of hydrogen-bond donors (Lipinski definition) is 1. The van der Waals surface area contributed by atoms with Gasteiger partial charge in [0.15, 0.2) is 5.03 Å². The Bertz CT molecular complexity index is 1800. The van der Waals surface area contributed by atoms with Gasteiger partial charge in [-0.15, -0.1) is 0 Å². The molecule has 2 aliphatic heterocycles. The molecule has 0 saturated carbocycles. The van der Waals surface area contributed by atoms with Gasteiger partial charge in [0, 0.05) is 41.0 Å². The van der Waals surface area contributed by atoms with Gasteiger partial charge < -0.3 is 5.11 Å². The molecule has 4 heterocycles. The molecule has 216 valence electrons. The lowest BCUT2D eigenvalue weighted by atomic mass is 9.91. The van der Waals surface area contributed by atoms with Gasteiger partial charge in [0.1, 0.15) is 17.9 Å². The van der Waals surface area contributed by atoms with Crippen molar-refractivity contribution in [3.63, 3.8) is 0 Å². The topological polar surface area (TPSA) is 139 Å². The number of fused-ring (bicyclic) bond motifs is 1. The molecule has 0 aliphatic carbocycles. The van der Waals surface area contributed by atoms with E-state index in [-0.39, 0.29) is 40.4 Å². The van der Waals surface area contributed by atoms with Crippen LogP contribution in [-0.2, 0) is 31.6 Å². The van der Waals surface area contributed by atoms with Crippen molar-refractivity contribution in [2.75, 3.05) is 11.4 Å². The lowest BCUT2D eigenvalue weighted by Crippen LogP contribution is -2.45. The number of sulfonamides is 1. The molecule has 0 bridgehead atoms. The molecule has 2 aromatic heterocycles. The standard InChI is InChI=1S/C28H24Cl2N6O5S/c1-28(12-17-4-6-18(7-5-17)19-13-31-16-32-14-19)26(39)35(22-10-20(29)9-21(30)11-22)27-33-15-24(36(27)28)42(40,41)34-8-2-3-23(34)25(37)38/h4-7,9-11,13-16,23H,2-3,8,12H2,1H3,(H,37,38). The van der Waals surface area contributed by atoms with E-state index in [1.54, 1.807) is 31.5 Å². The maximum absolute atomic E-state index is 14.3. The molecule has 0 radical (unpaired) electrons. The molecule has 6 rings (SSSR count). The number of aliphatic carboxylic acids is 1. The number of carbonyl (C=O) groups excluding carboxylic acids is 1. The lowest BCUT2D eigenvalue weighted by Gasteiger charge is -2.28. The van der Waals surface area contributed by atoms with Gasteiger partial charge >= 0.3 is 5.97 Å². The fourth-order valence-electron chi connectivity index (χ4n) is 5.67. The van der Waals surface area contributed by atoms with Crippen molar-refractivity contribution < 1.29 is 23.1 Å². The second-order valence-corrected chi connectivity index (χ2v) is 13.1. The summed E-state index contributed by atoms with van der Waals surface area (Å²) in [6.45, 7) is 1.69. The monoisotopic (exact) mass is 626 g/mol. The molecule has 42 heavy (non-hydrogen) atoms. The van der Waals surface area contributed by atoms with Gasteiger partial charge in [-0.25, -0.2) is 28.3 Å². The predicted molar refractivity (Wildman–Crippen MR) is 155 cm³/mol. The van der Waals surface area contributed by atoms with Gasteiger partial charge in [0.25, 0.3) is 15.9 Å². The number of nitrogens with zero attached hydrogens (tertiary/aromatic N) is 6. The predicted octanol–water partition coefficient (Wildman–Crippen LogP) is 4.52. The summed E-state index contributed by atoms with van der Waals surface area (Å²) in [6.07, 6.45) is 6.70. The maximum atomic E-state index is 14.3. The Balaban J connectivity index is 1.47. The fraction of sp³-hybridized carbons (Fsp3) is 0.250. The molecule has 2 aliphatic rings. The first-order chi connectivity index (χ1) is 20.0. The van der Waals surface area contributed by atoms with Gasteiger partial charge in [-0.2, -0.15) is 4.31 Å². The minimum Gasteiger partial charge on any atom is -0.480 e. The highest BCUT2D eigenvalue weighted by molar-refractivity contribution is 7.89. The summed E-state index contributed by atoms with van der Waals surface area (Å²) in [5, 5.41) is 10.0. The molecule has 2 aromatic carbocycles. The highest BCUT2D eigenvalue weighted by Gasteiger charge is 2.53. The molecule has 2 atom stereocenters. The Kier molecular flexibility index (Phi) is 7.04. The fourth-order valence-corrected chi connectivity index (χ4v) is 8.02. The zero-order valence-electron chi connectivity index (χ0n) is 22.2. The smallest absolute Gasteiger partial charge is 0.322 e. The average molecular weight is 628 g/mol. The van der Waals surface area contributed by atoms with E-state index in [1.165, 1.54) is 28.1 Å². The van der Waals surface area contributed by atoms with E-state index in [1.807, 2.05) is 24.3 Å². The Morgan fingerprint density at radius 2 is 1.71 bits per heavy atom. The molecular weight excluding hydrogens is 603 g/mol. The van der Waals surface area contributed by atoms with Gasteiger partial charge in [0.2, 0.25) is 5.95 Å². The van der Waals surface area contributed by atoms with Crippen molar-refractivity contribution in [3.8, 4) is 11.1 Å². The van der Waals surface area contributed by atoms with Gasteiger partial charge in [-0.1, -0.05) is 47.5 Å². The zero-order valence-corrected chi connectivity index (χ0v) is 24.5. The van der Waals surface area contributed by atoms with Gasteiger partial charge in [-0.05, 0) is 49.1 Å². The molecular formula is C28H24Cl2N6O5S. The van der Waals surface area contributed by atoms with E-state index in [4.69, 9.17) is 23.2 Å². The van der Waals surface area contributed by atoms with Crippen LogP contribution in [0.25, 0.3) is 11.1 Å². The minimum atomic E-state index is -4.36. The average Bonchev–Trinajstić information content (AvgIpc) is 3.67. The molecule has 11 nitrogen and oxygen atoms in total. The van der Waals surface area contributed by atoms with Crippen LogP contribution in [0.2, 0.25) is 10.0 Å². The third kappa shape index (κ3) is 4.64. The molecule has 1 N–H and O–H groups in total. The summed E-state index contributed by atoms with van der Waals surface area (Å²) in [5.41, 5.74) is 1.31. The lowest BCUT2D eigenvalue weighted by molar-refractivity contribution is -0.140.